The van der Waals surface area contributed by atoms with Crippen molar-refractivity contribution in [2.45, 2.75) is 24.8 Å². The number of anilines is 1. The molecule has 0 radical (unpaired) electrons. The van der Waals surface area contributed by atoms with Gasteiger partial charge in [0.1, 0.15) is 4.99 Å². The third-order valence-electron chi connectivity index (χ3n) is 4.09. The fraction of sp³-hybridized carbons (Fsp3) is 0.500. The third-order valence-corrected chi connectivity index (χ3v) is 4.99. The highest BCUT2D eigenvalue weighted by atomic mass is 79.9. The molecule has 19 heavy (non-hydrogen) atoms. The molecule has 5 heteroatoms. The van der Waals surface area contributed by atoms with Crippen LogP contribution in [0.15, 0.2) is 22.7 Å². The maximum absolute atomic E-state index is 5.63. The molecule has 1 aromatic carbocycles. The Morgan fingerprint density at radius 3 is 2.58 bits per heavy atom. The van der Waals surface area contributed by atoms with Gasteiger partial charge in [-0.2, -0.15) is 0 Å². The predicted molar refractivity (Wildman–Crippen MR) is 88.8 cm³/mol. The molecule has 0 unspecified atom stereocenters. The average molecular weight is 342 g/mol. The van der Waals surface area contributed by atoms with Gasteiger partial charge in [0.05, 0.1) is 0 Å². The Labute approximate surface area is 128 Å². The molecule has 3 N–H and O–H groups in total. The van der Waals surface area contributed by atoms with Gasteiger partial charge < -0.3 is 16.0 Å². The highest BCUT2D eigenvalue weighted by Crippen LogP contribution is 2.36. The number of hydrogen-bond donors (Lipinski definition) is 2. The number of nitrogens with two attached hydrogens (primary N) is 1. The van der Waals surface area contributed by atoms with E-state index in [1.807, 2.05) is 18.2 Å². The van der Waals surface area contributed by atoms with Crippen LogP contribution in [0.1, 0.15) is 24.8 Å². The molecule has 0 heterocycles. The summed E-state index contributed by atoms with van der Waals surface area (Å²) in [5, 5.41) is 3.53. The van der Waals surface area contributed by atoms with E-state index in [9.17, 15) is 0 Å². The lowest BCUT2D eigenvalue weighted by Crippen LogP contribution is -2.54. The average Bonchev–Trinajstić information content (AvgIpc) is 2.28. The zero-order valence-corrected chi connectivity index (χ0v) is 13.8. The van der Waals surface area contributed by atoms with Crippen LogP contribution >= 0.6 is 28.1 Å². The molecule has 0 bridgehead atoms. The van der Waals surface area contributed by atoms with E-state index >= 15 is 0 Å². The summed E-state index contributed by atoms with van der Waals surface area (Å²) in [4.78, 5) is 2.76. The predicted octanol–water partition coefficient (Wildman–Crippen LogP) is 2.98. The molecular formula is C14H20BrN3S. The first-order valence-electron chi connectivity index (χ1n) is 6.45. The maximum Gasteiger partial charge on any atom is 0.104 e. The van der Waals surface area contributed by atoms with Gasteiger partial charge in [-0.25, -0.2) is 0 Å². The minimum absolute atomic E-state index is 0.307. The van der Waals surface area contributed by atoms with Crippen molar-refractivity contribution in [3.8, 4) is 0 Å². The van der Waals surface area contributed by atoms with Gasteiger partial charge >= 0.3 is 0 Å². The Hall–Kier alpha value is -0.650. The number of nitrogens with zero attached hydrogens (tertiary/aromatic N) is 1. The Kier molecular flexibility index (Phi) is 4.48. The lowest BCUT2D eigenvalue weighted by molar-refractivity contribution is 0.0739. The second-order valence-electron chi connectivity index (χ2n) is 5.38. The Bertz CT molecular complexity index is 484. The third kappa shape index (κ3) is 3.09. The SMILES string of the molecule is CN(C)C1(CNc2ccc(C(N)=S)cc2Br)CCC1. The largest absolute Gasteiger partial charge is 0.389 e. The van der Waals surface area contributed by atoms with E-state index in [4.69, 9.17) is 18.0 Å². The normalized spacial score (nSPS) is 17.1. The van der Waals surface area contributed by atoms with Gasteiger partial charge in [-0.3, -0.25) is 0 Å². The molecule has 3 nitrogen and oxygen atoms in total. The first-order chi connectivity index (χ1) is 8.94. The van der Waals surface area contributed by atoms with E-state index in [0.717, 1.165) is 22.3 Å². The van der Waals surface area contributed by atoms with E-state index in [2.05, 4.69) is 40.2 Å². The molecule has 0 spiro atoms. The summed E-state index contributed by atoms with van der Waals surface area (Å²) >= 11 is 8.55. The summed E-state index contributed by atoms with van der Waals surface area (Å²) in [6.07, 6.45) is 3.84. The molecular weight excluding hydrogens is 322 g/mol. The summed E-state index contributed by atoms with van der Waals surface area (Å²) in [7, 11) is 4.32. The summed E-state index contributed by atoms with van der Waals surface area (Å²) in [6.45, 7) is 0.963. The van der Waals surface area contributed by atoms with E-state index in [1.165, 1.54) is 19.3 Å². The fourth-order valence-corrected chi connectivity index (χ4v) is 3.08. The number of hydrogen-bond acceptors (Lipinski definition) is 3. The van der Waals surface area contributed by atoms with Gasteiger partial charge in [0.2, 0.25) is 0 Å². The second kappa shape index (κ2) is 5.77. The first kappa shape index (κ1) is 14.8. The van der Waals surface area contributed by atoms with Crippen LogP contribution in [0, 0.1) is 0 Å². The summed E-state index contributed by atoms with van der Waals surface area (Å²) in [6, 6.07) is 5.95. The van der Waals surface area contributed by atoms with Crippen LogP contribution in [0.3, 0.4) is 0 Å². The minimum Gasteiger partial charge on any atom is -0.389 e. The van der Waals surface area contributed by atoms with Crippen LogP contribution in [0.25, 0.3) is 0 Å². The molecule has 2 rings (SSSR count). The minimum atomic E-state index is 0.307. The highest BCUT2D eigenvalue weighted by Gasteiger charge is 2.38. The standard InChI is InChI=1S/C14H20BrN3S/c1-18(2)14(6-3-7-14)9-17-12-5-4-10(13(16)19)8-11(12)15/h4-5,8,17H,3,6-7,9H2,1-2H3,(H2,16,19). The molecule has 104 valence electrons. The number of benzene rings is 1. The lowest BCUT2D eigenvalue weighted by atomic mass is 9.75. The second-order valence-corrected chi connectivity index (χ2v) is 6.68. The Morgan fingerprint density at radius 2 is 2.16 bits per heavy atom. The van der Waals surface area contributed by atoms with Crippen molar-refractivity contribution in [3.63, 3.8) is 0 Å². The number of halogens is 1. The number of rotatable bonds is 5. The topological polar surface area (TPSA) is 41.3 Å². The molecule has 0 saturated heterocycles. The summed E-state index contributed by atoms with van der Waals surface area (Å²) in [5.41, 5.74) is 7.91. The molecule has 1 aromatic rings. The van der Waals surface area contributed by atoms with Crippen molar-refractivity contribution in [2.24, 2.45) is 5.73 Å². The van der Waals surface area contributed by atoms with Crippen LogP contribution in [0.5, 0.6) is 0 Å². The molecule has 0 atom stereocenters. The number of nitrogens with one attached hydrogen (secondary N) is 1. The Morgan fingerprint density at radius 1 is 1.47 bits per heavy atom. The van der Waals surface area contributed by atoms with Crippen LogP contribution < -0.4 is 11.1 Å². The zero-order chi connectivity index (χ0) is 14.0. The van der Waals surface area contributed by atoms with Gasteiger partial charge in [0.25, 0.3) is 0 Å². The van der Waals surface area contributed by atoms with Gasteiger partial charge in [0, 0.05) is 27.8 Å². The molecule has 0 aromatic heterocycles. The van der Waals surface area contributed by atoms with Gasteiger partial charge in [-0.1, -0.05) is 12.2 Å². The van der Waals surface area contributed by atoms with Gasteiger partial charge in [-0.05, 0) is 67.5 Å². The molecule has 1 aliphatic rings. The van der Waals surface area contributed by atoms with Crippen molar-refractivity contribution in [1.82, 2.24) is 4.90 Å². The summed E-state index contributed by atoms with van der Waals surface area (Å²) in [5.74, 6) is 0. The number of likely N-dealkylation sites (N-methyl/N-ethyl adjacent to an activating group) is 1. The maximum atomic E-state index is 5.63. The number of thiocarbonyl (C=S) groups is 1. The molecule has 1 fully saturated rings. The van der Waals surface area contributed by atoms with Crippen LogP contribution in [0.2, 0.25) is 0 Å². The van der Waals surface area contributed by atoms with Gasteiger partial charge in [-0.15, -0.1) is 0 Å². The summed E-state index contributed by atoms with van der Waals surface area (Å²) < 4.78 is 1.01. The fourth-order valence-electron chi connectivity index (χ4n) is 2.44. The van der Waals surface area contributed by atoms with Crippen LogP contribution in [-0.2, 0) is 0 Å². The van der Waals surface area contributed by atoms with Crippen molar-refractivity contribution in [1.29, 1.82) is 0 Å². The van der Waals surface area contributed by atoms with Crippen LogP contribution in [0.4, 0.5) is 5.69 Å². The van der Waals surface area contributed by atoms with Crippen molar-refractivity contribution in [2.75, 3.05) is 26.0 Å². The smallest absolute Gasteiger partial charge is 0.104 e. The molecule has 1 aliphatic carbocycles. The monoisotopic (exact) mass is 341 g/mol. The lowest BCUT2D eigenvalue weighted by Gasteiger charge is -2.47. The molecule has 0 aliphatic heterocycles. The van der Waals surface area contributed by atoms with Crippen molar-refractivity contribution in [3.05, 3.63) is 28.2 Å². The van der Waals surface area contributed by atoms with Crippen molar-refractivity contribution >= 4 is 38.8 Å². The van der Waals surface area contributed by atoms with Crippen LogP contribution in [-0.4, -0.2) is 36.1 Å². The van der Waals surface area contributed by atoms with Crippen molar-refractivity contribution < 1.29 is 0 Å². The Balaban J connectivity index is 2.06. The molecule has 1 saturated carbocycles. The van der Waals surface area contributed by atoms with E-state index < -0.39 is 0 Å². The first-order valence-corrected chi connectivity index (χ1v) is 7.65. The van der Waals surface area contributed by atoms with E-state index in [0.29, 0.717) is 10.5 Å². The van der Waals surface area contributed by atoms with E-state index in [-0.39, 0.29) is 0 Å². The van der Waals surface area contributed by atoms with E-state index in [1.54, 1.807) is 0 Å². The zero-order valence-electron chi connectivity index (χ0n) is 11.4. The van der Waals surface area contributed by atoms with Gasteiger partial charge in [0.15, 0.2) is 0 Å². The molecule has 0 amide bonds. The quantitative estimate of drug-likeness (QED) is 0.808. The highest BCUT2D eigenvalue weighted by molar-refractivity contribution is 9.10.